The van der Waals surface area contributed by atoms with Crippen molar-refractivity contribution in [1.82, 2.24) is 0 Å². The highest BCUT2D eigenvalue weighted by molar-refractivity contribution is 6.30. The van der Waals surface area contributed by atoms with Gasteiger partial charge in [0.25, 0.3) is 0 Å². The fourth-order valence-corrected chi connectivity index (χ4v) is 5.08. The van der Waals surface area contributed by atoms with Crippen LogP contribution in [0.1, 0.15) is 54.1 Å². The largest absolute Gasteiger partial charge is 0.299 e. The van der Waals surface area contributed by atoms with Crippen LogP contribution in [0, 0.1) is 11.3 Å². The molecule has 140 valence electrons. The van der Waals surface area contributed by atoms with E-state index in [9.17, 15) is 9.59 Å². The Morgan fingerprint density at radius 2 is 1.61 bits per heavy atom. The van der Waals surface area contributed by atoms with Crippen molar-refractivity contribution >= 4 is 34.6 Å². The molecule has 3 aliphatic rings. The van der Waals surface area contributed by atoms with Gasteiger partial charge in [0, 0.05) is 39.8 Å². The fourth-order valence-electron chi connectivity index (χ4n) is 4.95. The van der Waals surface area contributed by atoms with Gasteiger partial charge in [0.05, 0.1) is 11.6 Å². The van der Waals surface area contributed by atoms with E-state index in [1.165, 1.54) is 0 Å². The third-order valence-electron chi connectivity index (χ3n) is 6.07. The maximum absolute atomic E-state index is 13.3. The van der Waals surface area contributed by atoms with E-state index in [-0.39, 0.29) is 28.8 Å². The topological polar surface area (TPSA) is 46.5 Å². The number of allylic oxidation sites excluding steroid dienone is 1. The predicted molar refractivity (Wildman–Crippen MR) is 111 cm³/mol. The molecule has 2 unspecified atom stereocenters. The third-order valence-corrected chi connectivity index (χ3v) is 6.33. The summed E-state index contributed by atoms with van der Waals surface area (Å²) in [6.07, 6.45) is 1.27. The van der Waals surface area contributed by atoms with Gasteiger partial charge in [0.2, 0.25) is 0 Å². The summed E-state index contributed by atoms with van der Waals surface area (Å²) in [5, 5.41) is 0.639. The van der Waals surface area contributed by atoms with E-state index in [1.54, 1.807) is 0 Å². The van der Waals surface area contributed by atoms with E-state index in [4.69, 9.17) is 16.6 Å². The van der Waals surface area contributed by atoms with Crippen LogP contribution in [0.4, 0.5) is 0 Å². The molecule has 4 heteroatoms. The minimum Gasteiger partial charge on any atom is -0.299 e. The van der Waals surface area contributed by atoms with Gasteiger partial charge < -0.3 is 0 Å². The zero-order valence-electron chi connectivity index (χ0n) is 15.8. The molecule has 1 aliphatic heterocycles. The van der Waals surface area contributed by atoms with Gasteiger partial charge >= 0.3 is 0 Å². The van der Waals surface area contributed by atoms with Crippen molar-refractivity contribution in [2.45, 2.75) is 32.6 Å². The molecule has 2 aliphatic carbocycles. The molecule has 0 aromatic heterocycles. The van der Waals surface area contributed by atoms with Gasteiger partial charge in [-0.25, -0.2) is 0 Å². The summed E-state index contributed by atoms with van der Waals surface area (Å²) in [5.74, 6) is -0.509. The van der Waals surface area contributed by atoms with Crippen molar-refractivity contribution in [3.05, 3.63) is 75.8 Å². The smallest absolute Gasteiger partial charge is 0.192 e. The normalized spacial score (nSPS) is 25.2. The fraction of sp³-hybridized carbons (Fsp3) is 0.292. The molecule has 0 spiro atoms. The van der Waals surface area contributed by atoms with Crippen LogP contribution in [0.5, 0.6) is 0 Å². The van der Waals surface area contributed by atoms with Crippen LogP contribution in [0.3, 0.4) is 0 Å². The maximum Gasteiger partial charge on any atom is 0.192 e. The van der Waals surface area contributed by atoms with Crippen molar-refractivity contribution in [3.63, 3.8) is 0 Å². The zero-order valence-corrected chi connectivity index (χ0v) is 16.6. The van der Waals surface area contributed by atoms with Gasteiger partial charge in [-0.3, -0.25) is 14.6 Å². The Morgan fingerprint density at radius 3 is 2.32 bits per heavy atom. The Hall–Kier alpha value is -2.52. The van der Waals surface area contributed by atoms with Crippen molar-refractivity contribution in [3.8, 4) is 0 Å². The number of fused-ring (bicyclic) bond motifs is 3. The number of nitrogens with zero attached hydrogens (tertiary/aromatic N) is 1. The molecular weight excluding hydrogens is 370 g/mol. The third kappa shape index (κ3) is 2.53. The number of hydrogen-bond acceptors (Lipinski definition) is 3. The molecule has 1 heterocycles. The van der Waals surface area contributed by atoms with Crippen LogP contribution in [0.2, 0.25) is 5.02 Å². The lowest BCUT2D eigenvalue weighted by atomic mass is 9.63. The highest BCUT2D eigenvalue weighted by atomic mass is 35.5. The average molecular weight is 390 g/mol. The lowest BCUT2D eigenvalue weighted by molar-refractivity contribution is -0.124. The quantitative estimate of drug-likeness (QED) is 0.647. The number of aliphatic imine (C=N–C) groups is 1. The van der Waals surface area contributed by atoms with Gasteiger partial charge in [-0.05, 0) is 29.5 Å². The molecule has 3 nitrogen and oxygen atoms in total. The minimum atomic E-state index is -0.369. The molecule has 1 fully saturated rings. The Balaban J connectivity index is 1.75. The van der Waals surface area contributed by atoms with E-state index in [1.807, 2.05) is 48.5 Å². The summed E-state index contributed by atoms with van der Waals surface area (Å²) >= 11 is 6.10. The van der Waals surface area contributed by atoms with E-state index < -0.39 is 0 Å². The number of rotatable bonds is 1. The Bertz CT molecular complexity index is 1090. The molecule has 0 N–H and O–H groups in total. The maximum atomic E-state index is 13.3. The number of hydrogen-bond donors (Lipinski definition) is 0. The van der Waals surface area contributed by atoms with Crippen LogP contribution in [-0.4, -0.2) is 17.3 Å². The molecule has 28 heavy (non-hydrogen) atoms. The number of ketones is 2. The van der Waals surface area contributed by atoms with Gasteiger partial charge in [0.15, 0.2) is 5.78 Å². The summed E-state index contributed by atoms with van der Waals surface area (Å²) in [5.41, 5.74) is 4.71. The van der Waals surface area contributed by atoms with Crippen LogP contribution in [0.25, 0.3) is 5.70 Å². The Kier molecular flexibility index (Phi) is 3.76. The number of benzene rings is 2. The van der Waals surface area contributed by atoms with E-state index in [2.05, 4.69) is 13.8 Å². The number of halogens is 1. The van der Waals surface area contributed by atoms with Crippen LogP contribution < -0.4 is 0 Å². The lowest BCUT2D eigenvalue weighted by Gasteiger charge is -2.40. The van der Waals surface area contributed by atoms with Gasteiger partial charge in [-0.2, -0.15) is 0 Å². The van der Waals surface area contributed by atoms with E-state index in [0.29, 0.717) is 22.6 Å². The summed E-state index contributed by atoms with van der Waals surface area (Å²) < 4.78 is 0. The summed E-state index contributed by atoms with van der Waals surface area (Å²) in [7, 11) is 0. The second-order valence-electron chi connectivity index (χ2n) is 8.73. The highest BCUT2D eigenvalue weighted by Crippen LogP contribution is 2.51. The van der Waals surface area contributed by atoms with E-state index >= 15 is 0 Å². The number of carbonyl (C=O) groups excluding carboxylic acids is 2. The predicted octanol–water partition coefficient (Wildman–Crippen LogP) is 5.49. The Labute approximate surface area is 169 Å². The first-order chi connectivity index (χ1) is 13.4. The van der Waals surface area contributed by atoms with Gasteiger partial charge in [-0.1, -0.05) is 61.8 Å². The molecule has 1 saturated carbocycles. The molecule has 2 aromatic rings. The number of Topliss-reactive ketones (excluding diaryl/α,β-unsaturated/α-hetero) is 2. The molecule has 2 atom stereocenters. The van der Waals surface area contributed by atoms with Crippen molar-refractivity contribution < 1.29 is 9.59 Å². The first-order valence-electron chi connectivity index (χ1n) is 9.60. The minimum absolute atomic E-state index is 0.00835. The average Bonchev–Trinajstić information content (AvgIpc) is 2.93. The molecule has 2 aromatic carbocycles. The van der Waals surface area contributed by atoms with Crippen LogP contribution >= 0.6 is 11.6 Å². The lowest BCUT2D eigenvalue weighted by Crippen LogP contribution is -2.43. The van der Waals surface area contributed by atoms with Gasteiger partial charge in [0.1, 0.15) is 5.78 Å². The number of carbonyl (C=O) groups is 2. The van der Waals surface area contributed by atoms with E-state index in [0.717, 1.165) is 29.0 Å². The Morgan fingerprint density at radius 1 is 0.929 bits per heavy atom. The second-order valence-corrected chi connectivity index (χ2v) is 9.17. The monoisotopic (exact) mass is 389 g/mol. The first kappa shape index (κ1) is 17.6. The first-order valence-corrected chi connectivity index (χ1v) is 9.97. The van der Waals surface area contributed by atoms with Gasteiger partial charge in [-0.15, -0.1) is 0 Å². The zero-order chi connectivity index (χ0) is 19.6. The molecular formula is C24H20ClNO2. The molecule has 0 radical (unpaired) electrons. The molecule has 0 amide bonds. The van der Waals surface area contributed by atoms with Crippen LogP contribution in [-0.2, 0) is 4.79 Å². The standard InChI is InChI=1S/C24H20ClNO2/c1-24(2)11-17-20(18(27)12-24)19(13-7-9-14(25)10-8-13)21-22(26-17)15-5-3-4-6-16(15)23(21)28/h3-10,19-20H,11-12H2,1-2H3. The summed E-state index contributed by atoms with van der Waals surface area (Å²) in [4.78, 5) is 31.5. The van der Waals surface area contributed by atoms with Crippen LogP contribution in [0.15, 0.2) is 59.1 Å². The second kappa shape index (κ2) is 5.99. The molecule has 5 rings (SSSR count). The van der Waals surface area contributed by atoms with Crippen molar-refractivity contribution in [2.24, 2.45) is 16.3 Å². The van der Waals surface area contributed by atoms with Crippen molar-refractivity contribution in [2.75, 3.05) is 0 Å². The van der Waals surface area contributed by atoms with Crippen molar-refractivity contribution in [1.29, 1.82) is 0 Å². The molecule has 0 saturated heterocycles. The summed E-state index contributed by atoms with van der Waals surface area (Å²) in [6, 6.07) is 15.1. The molecule has 0 bridgehead atoms. The highest BCUT2D eigenvalue weighted by Gasteiger charge is 2.49. The SMILES string of the molecule is CC1(C)CC(=O)C2C(=NC3=C(C(=O)c4ccccc43)C2c2ccc(Cl)cc2)C1. The summed E-state index contributed by atoms with van der Waals surface area (Å²) in [6.45, 7) is 4.22.